The Labute approximate surface area is 278 Å². The Morgan fingerprint density at radius 2 is 1.34 bits per heavy atom. The maximum Gasteiger partial charge on any atom is 0.338 e. The van der Waals surface area contributed by atoms with Crippen molar-refractivity contribution in [1.82, 2.24) is 0 Å². The van der Waals surface area contributed by atoms with Crippen molar-refractivity contribution in [3.63, 3.8) is 0 Å². The minimum absolute atomic E-state index is 0.0927. The van der Waals surface area contributed by atoms with E-state index >= 15 is 0 Å². The summed E-state index contributed by atoms with van der Waals surface area (Å²) in [5.74, 6) is 0.448. The predicted molar refractivity (Wildman–Crippen MR) is 180 cm³/mol. The number of carbonyl (C=O) groups excluding carboxylic acids is 3. The number of rotatable bonds is 14. The monoisotopic (exact) mass is 660 g/mol. The second-order valence-corrected chi connectivity index (χ2v) is 11.5. The zero-order chi connectivity index (χ0) is 34.0. The Bertz CT molecular complexity index is 1710. The average Bonchev–Trinajstić information content (AvgIpc) is 3.07. The number of carbonyl (C=O) groups is 3. The van der Waals surface area contributed by atoms with Crippen LogP contribution in [0.25, 0.3) is 0 Å². The van der Waals surface area contributed by atoms with Gasteiger partial charge in [-0.15, -0.1) is 0 Å². The molecule has 0 fully saturated rings. The second-order valence-electron chi connectivity index (χ2n) is 11.1. The van der Waals surface area contributed by atoms with Crippen molar-refractivity contribution in [3.8, 4) is 28.7 Å². The summed E-state index contributed by atoms with van der Waals surface area (Å²) in [6.45, 7) is 5.71. The SMILES string of the molecule is CCC(C)(C)c1ccc(Oc2ccc(NC(=O)COC(=O)c3ccc(OCC(=O)Nc4cc(Cl)ccc4OC)c(OC)c3)cc2)cc1. The number of esters is 1. The fourth-order valence-corrected chi connectivity index (χ4v) is 4.53. The summed E-state index contributed by atoms with van der Waals surface area (Å²) < 4.78 is 27.3. The molecule has 2 amide bonds. The molecule has 0 aliphatic carbocycles. The number of benzene rings is 4. The number of methoxy groups -OCH3 is 2. The molecule has 0 unspecified atom stereocenters. The van der Waals surface area contributed by atoms with Gasteiger partial charge in [-0.3, -0.25) is 9.59 Å². The minimum atomic E-state index is -0.743. The van der Waals surface area contributed by atoms with Crippen LogP contribution in [0.3, 0.4) is 0 Å². The summed E-state index contributed by atoms with van der Waals surface area (Å²) in [6, 6.07) is 24.0. The molecule has 0 aliphatic rings. The molecule has 2 N–H and O–H groups in total. The molecule has 4 aromatic carbocycles. The van der Waals surface area contributed by atoms with Crippen LogP contribution < -0.4 is 29.6 Å². The lowest BCUT2D eigenvalue weighted by molar-refractivity contribution is -0.119. The predicted octanol–water partition coefficient (Wildman–Crippen LogP) is 7.65. The van der Waals surface area contributed by atoms with Gasteiger partial charge in [0.05, 0.1) is 25.5 Å². The van der Waals surface area contributed by atoms with Crippen molar-refractivity contribution in [3.05, 3.63) is 101 Å². The molecule has 0 radical (unpaired) electrons. The van der Waals surface area contributed by atoms with Crippen molar-refractivity contribution in [2.45, 2.75) is 32.6 Å². The Balaban J connectivity index is 1.25. The van der Waals surface area contributed by atoms with Crippen LogP contribution in [0.5, 0.6) is 28.7 Å². The highest BCUT2D eigenvalue weighted by Crippen LogP contribution is 2.31. The molecule has 4 rings (SSSR count). The smallest absolute Gasteiger partial charge is 0.338 e. The molecular formula is C36H37ClN2O8. The molecule has 11 heteroatoms. The number of ether oxygens (including phenoxy) is 5. The normalized spacial score (nSPS) is 10.9. The van der Waals surface area contributed by atoms with Crippen LogP contribution in [0.15, 0.2) is 84.9 Å². The lowest BCUT2D eigenvalue weighted by atomic mass is 9.82. The summed E-state index contributed by atoms with van der Waals surface area (Å²) in [4.78, 5) is 37.6. The first kappa shape index (κ1) is 34.6. The van der Waals surface area contributed by atoms with E-state index in [0.29, 0.717) is 33.6 Å². The molecule has 47 heavy (non-hydrogen) atoms. The highest BCUT2D eigenvalue weighted by molar-refractivity contribution is 6.31. The van der Waals surface area contributed by atoms with E-state index in [2.05, 4.69) is 43.5 Å². The van der Waals surface area contributed by atoms with Gasteiger partial charge in [0.25, 0.3) is 11.8 Å². The van der Waals surface area contributed by atoms with Crippen molar-refractivity contribution in [1.29, 1.82) is 0 Å². The van der Waals surface area contributed by atoms with Gasteiger partial charge in [-0.2, -0.15) is 0 Å². The molecule has 10 nitrogen and oxygen atoms in total. The van der Waals surface area contributed by atoms with Gasteiger partial charge >= 0.3 is 5.97 Å². The molecule has 4 aromatic rings. The molecular weight excluding hydrogens is 624 g/mol. The Kier molecular flexibility index (Phi) is 11.7. The molecule has 0 bridgehead atoms. The van der Waals surface area contributed by atoms with Gasteiger partial charge in [-0.1, -0.05) is 44.5 Å². The molecule has 0 spiro atoms. The molecule has 0 aromatic heterocycles. The van der Waals surface area contributed by atoms with Crippen LogP contribution in [0.1, 0.15) is 43.1 Å². The zero-order valence-electron chi connectivity index (χ0n) is 26.8. The number of halogens is 1. The van der Waals surface area contributed by atoms with Crippen LogP contribution >= 0.6 is 11.6 Å². The largest absolute Gasteiger partial charge is 0.495 e. The van der Waals surface area contributed by atoms with Gasteiger partial charge in [0.2, 0.25) is 0 Å². The highest BCUT2D eigenvalue weighted by Gasteiger charge is 2.18. The van der Waals surface area contributed by atoms with Crippen molar-refractivity contribution in [2.24, 2.45) is 0 Å². The molecule has 0 saturated carbocycles. The highest BCUT2D eigenvalue weighted by atomic mass is 35.5. The van der Waals surface area contributed by atoms with E-state index in [-0.39, 0.29) is 29.1 Å². The van der Waals surface area contributed by atoms with Gasteiger partial charge in [0.15, 0.2) is 24.7 Å². The number of nitrogens with one attached hydrogen (secondary N) is 2. The summed E-state index contributed by atoms with van der Waals surface area (Å²) in [5.41, 5.74) is 2.37. The number of hydrogen-bond acceptors (Lipinski definition) is 8. The maximum absolute atomic E-state index is 12.6. The van der Waals surface area contributed by atoms with Gasteiger partial charge in [0, 0.05) is 10.7 Å². The van der Waals surface area contributed by atoms with Gasteiger partial charge < -0.3 is 34.3 Å². The summed E-state index contributed by atoms with van der Waals surface area (Å²) in [6.07, 6.45) is 1.03. The van der Waals surface area contributed by atoms with Gasteiger partial charge in [-0.05, 0) is 90.2 Å². The van der Waals surface area contributed by atoms with Crippen LogP contribution in [0, 0.1) is 0 Å². The quantitative estimate of drug-likeness (QED) is 0.132. The fraction of sp³-hybridized carbons (Fsp3) is 0.250. The van der Waals surface area contributed by atoms with E-state index < -0.39 is 24.4 Å². The standard InChI is InChI=1S/C36H37ClN2O8/c1-6-36(2,3)24-8-13-27(14-9-24)47-28-15-11-26(12-16-28)38-33(40)22-46-35(42)23-7-17-31(32(19-23)44-5)45-21-34(41)39-29-20-25(37)10-18-30(29)43-4/h7-20H,6,21-22H2,1-5H3,(H,38,40)(H,39,41). The van der Waals surface area contributed by atoms with E-state index in [9.17, 15) is 14.4 Å². The van der Waals surface area contributed by atoms with Crippen molar-refractivity contribution >= 4 is 40.8 Å². The summed E-state index contributed by atoms with van der Waals surface area (Å²) in [7, 11) is 2.87. The van der Waals surface area contributed by atoms with E-state index in [1.165, 1.54) is 38.0 Å². The van der Waals surface area contributed by atoms with E-state index in [1.807, 2.05) is 12.1 Å². The van der Waals surface area contributed by atoms with Crippen LogP contribution in [0.4, 0.5) is 11.4 Å². The zero-order valence-corrected chi connectivity index (χ0v) is 27.6. The minimum Gasteiger partial charge on any atom is -0.495 e. The van der Waals surface area contributed by atoms with Gasteiger partial charge in [-0.25, -0.2) is 4.79 Å². The fourth-order valence-electron chi connectivity index (χ4n) is 4.35. The Morgan fingerprint density at radius 1 is 0.723 bits per heavy atom. The van der Waals surface area contributed by atoms with E-state index in [1.54, 1.807) is 42.5 Å². The first-order valence-electron chi connectivity index (χ1n) is 14.8. The third kappa shape index (κ3) is 9.64. The molecule has 0 aliphatic heterocycles. The Morgan fingerprint density at radius 3 is 1.98 bits per heavy atom. The maximum atomic E-state index is 12.6. The first-order chi connectivity index (χ1) is 22.5. The second kappa shape index (κ2) is 15.9. The number of hydrogen-bond donors (Lipinski definition) is 2. The number of anilines is 2. The van der Waals surface area contributed by atoms with Crippen LogP contribution in [0.2, 0.25) is 5.02 Å². The lowest BCUT2D eigenvalue weighted by Crippen LogP contribution is -2.21. The summed E-state index contributed by atoms with van der Waals surface area (Å²) >= 11 is 6.01. The van der Waals surface area contributed by atoms with E-state index in [0.717, 1.165) is 6.42 Å². The molecule has 0 saturated heterocycles. The Hall–Kier alpha value is -5.22. The lowest BCUT2D eigenvalue weighted by Gasteiger charge is -2.23. The van der Waals surface area contributed by atoms with Crippen molar-refractivity contribution in [2.75, 3.05) is 38.1 Å². The number of amides is 2. The molecule has 0 atom stereocenters. The summed E-state index contributed by atoms with van der Waals surface area (Å²) in [5, 5.41) is 5.79. The first-order valence-corrected chi connectivity index (χ1v) is 15.2. The topological polar surface area (TPSA) is 121 Å². The average molecular weight is 661 g/mol. The van der Waals surface area contributed by atoms with Crippen molar-refractivity contribution < 1.29 is 38.1 Å². The van der Waals surface area contributed by atoms with Crippen LogP contribution in [-0.4, -0.2) is 45.2 Å². The third-order valence-electron chi connectivity index (χ3n) is 7.42. The van der Waals surface area contributed by atoms with E-state index in [4.69, 9.17) is 35.3 Å². The molecule has 0 heterocycles. The van der Waals surface area contributed by atoms with Crippen LogP contribution in [-0.2, 0) is 19.7 Å². The third-order valence-corrected chi connectivity index (χ3v) is 7.66. The van der Waals surface area contributed by atoms with Gasteiger partial charge in [0.1, 0.15) is 17.2 Å². The molecule has 246 valence electrons.